The van der Waals surface area contributed by atoms with Gasteiger partial charge in [-0.2, -0.15) is 0 Å². The average molecular weight is 345 g/mol. The molecule has 0 saturated carbocycles. The first-order valence-corrected chi connectivity index (χ1v) is 8.63. The fraction of sp³-hybridized carbons (Fsp3) is 0.368. The van der Waals surface area contributed by atoms with Crippen LogP contribution in [-0.2, 0) is 12.8 Å². The first kappa shape index (κ1) is 14.6. The standard InChI is InChI=1S/C19H21BrO/c1-3-13-9-10-15(11-14(13)4-2)19(20)17-12-21-18-8-6-5-7-16(17)18/h5-11,17,19H,3-4,12H2,1-2H3. The molecule has 2 aromatic rings. The van der Waals surface area contributed by atoms with Crippen molar-refractivity contribution in [3.63, 3.8) is 0 Å². The molecule has 3 rings (SSSR count). The van der Waals surface area contributed by atoms with E-state index < -0.39 is 0 Å². The molecule has 1 aliphatic heterocycles. The molecule has 2 unspecified atom stereocenters. The topological polar surface area (TPSA) is 9.23 Å². The lowest BCUT2D eigenvalue weighted by Gasteiger charge is -2.19. The Labute approximate surface area is 135 Å². The van der Waals surface area contributed by atoms with Crippen LogP contribution in [0.5, 0.6) is 5.75 Å². The van der Waals surface area contributed by atoms with Gasteiger partial charge in [0.05, 0.1) is 6.61 Å². The number of hydrogen-bond donors (Lipinski definition) is 0. The highest BCUT2D eigenvalue weighted by molar-refractivity contribution is 9.09. The Balaban J connectivity index is 1.91. The zero-order chi connectivity index (χ0) is 14.8. The Kier molecular flexibility index (Phi) is 4.34. The van der Waals surface area contributed by atoms with Crippen LogP contribution in [0.4, 0.5) is 0 Å². The molecule has 1 heterocycles. The average Bonchev–Trinajstić information content (AvgIpc) is 2.97. The lowest BCUT2D eigenvalue weighted by Crippen LogP contribution is -2.08. The quantitative estimate of drug-likeness (QED) is 0.672. The summed E-state index contributed by atoms with van der Waals surface area (Å²) in [6.45, 7) is 5.21. The molecule has 0 radical (unpaired) electrons. The van der Waals surface area contributed by atoms with Crippen LogP contribution in [0.1, 0.15) is 46.8 Å². The Morgan fingerprint density at radius 1 is 1.10 bits per heavy atom. The summed E-state index contributed by atoms with van der Waals surface area (Å²) in [7, 11) is 0. The third-order valence-corrected chi connectivity index (χ3v) is 5.57. The SMILES string of the molecule is CCc1ccc(C(Br)C2COc3ccccc32)cc1CC. The van der Waals surface area contributed by atoms with E-state index in [0.717, 1.165) is 25.2 Å². The van der Waals surface area contributed by atoms with E-state index in [1.807, 2.05) is 6.07 Å². The minimum atomic E-state index is 0.303. The summed E-state index contributed by atoms with van der Waals surface area (Å²) in [6.07, 6.45) is 2.19. The maximum absolute atomic E-state index is 5.83. The Morgan fingerprint density at radius 3 is 2.62 bits per heavy atom. The summed E-state index contributed by atoms with van der Waals surface area (Å²) in [5.41, 5.74) is 5.60. The summed E-state index contributed by atoms with van der Waals surface area (Å²) in [5.74, 6) is 1.42. The fourth-order valence-corrected chi connectivity index (χ4v) is 3.88. The number of rotatable bonds is 4. The Hall–Kier alpha value is -1.28. The van der Waals surface area contributed by atoms with Gasteiger partial charge in [0, 0.05) is 16.3 Å². The van der Waals surface area contributed by atoms with Gasteiger partial charge in [-0.15, -0.1) is 0 Å². The van der Waals surface area contributed by atoms with Crippen molar-refractivity contribution in [1.29, 1.82) is 0 Å². The predicted octanol–water partition coefficient (Wildman–Crippen LogP) is 5.42. The monoisotopic (exact) mass is 344 g/mol. The van der Waals surface area contributed by atoms with Crippen molar-refractivity contribution in [2.75, 3.05) is 6.61 Å². The number of alkyl halides is 1. The number of fused-ring (bicyclic) bond motifs is 1. The maximum atomic E-state index is 5.83. The molecule has 0 spiro atoms. The molecule has 0 amide bonds. The van der Waals surface area contributed by atoms with Gasteiger partial charge in [0.15, 0.2) is 0 Å². The van der Waals surface area contributed by atoms with Crippen molar-refractivity contribution >= 4 is 15.9 Å². The Bertz CT molecular complexity index is 635. The van der Waals surface area contributed by atoms with Crippen LogP contribution >= 0.6 is 15.9 Å². The molecule has 0 aliphatic carbocycles. The zero-order valence-electron chi connectivity index (χ0n) is 12.6. The van der Waals surface area contributed by atoms with Crippen molar-refractivity contribution in [1.82, 2.24) is 0 Å². The molecule has 1 nitrogen and oxygen atoms in total. The van der Waals surface area contributed by atoms with E-state index in [-0.39, 0.29) is 0 Å². The number of benzene rings is 2. The van der Waals surface area contributed by atoms with Crippen LogP contribution in [0.25, 0.3) is 0 Å². The maximum Gasteiger partial charge on any atom is 0.122 e. The molecular formula is C19H21BrO. The molecule has 1 aliphatic rings. The first-order valence-electron chi connectivity index (χ1n) is 7.72. The molecule has 110 valence electrons. The lowest BCUT2D eigenvalue weighted by molar-refractivity contribution is 0.329. The number of ether oxygens (including phenoxy) is 1. The van der Waals surface area contributed by atoms with Gasteiger partial charge in [-0.1, -0.05) is 66.2 Å². The van der Waals surface area contributed by atoms with E-state index in [1.54, 1.807) is 0 Å². The molecule has 0 saturated heterocycles. The molecule has 0 fully saturated rings. The lowest BCUT2D eigenvalue weighted by atomic mass is 9.91. The van der Waals surface area contributed by atoms with Gasteiger partial charge in [-0.25, -0.2) is 0 Å². The molecular weight excluding hydrogens is 324 g/mol. The second-order valence-corrected chi connectivity index (χ2v) is 6.58. The first-order chi connectivity index (χ1) is 10.2. The largest absolute Gasteiger partial charge is 0.493 e. The van der Waals surface area contributed by atoms with Crippen molar-refractivity contribution in [3.8, 4) is 5.75 Å². The molecule has 2 aromatic carbocycles. The van der Waals surface area contributed by atoms with Gasteiger partial charge >= 0.3 is 0 Å². The third-order valence-electron chi connectivity index (χ3n) is 4.40. The minimum absolute atomic E-state index is 0.303. The molecule has 2 atom stereocenters. The van der Waals surface area contributed by atoms with E-state index in [4.69, 9.17) is 4.74 Å². The van der Waals surface area contributed by atoms with Crippen molar-refractivity contribution in [2.24, 2.45) is 0 Å². The van der Waals surface area contributed by atoms with E-state index >= 15 is 0 Å². The van der Waals surface area contributed by atoms with Crippen LogP contribution in [0, 0.1) is 0 Å². The van der Waals surface area contributed by atoms with E-state index in [0.29, 0.717) is 10.7 Å². The molecule has 0 N–H and O–H groups in total. The van der Waals surface area contributed by atoms with Crippen molar-refractivity contribution in [3.05, 3.63) is 64.7 Å². The van der Waals surface area contributed by atoms with Gasteiger partial charge < -0.3 is 4.74 Å². The van der Waals surface area contributed by atoms with Crippen LogP contribution in [-0.4, -0.2) is 6.61 Å². The van der Waals surface area contributed by atoms with Gasteiger partial charge in [0.2, 0.25) is 0 Å². The highest BCUT2D eigenvalue weighted by Gasteiger charge is 2.30. The number of aryl methyl sites for hydroxylation is 2. The second kappa shape index (κ2) is 6.23. The number of halogens is 1. The smallest absolute Gasteiger partial charge is 0.122 e. The predicted molar refractivity (Wildman–Crippen MR) is 91.5 cm³/mol. The van der Waals surface area contributed by atoms with Crippen molar-refractivity contribution in [2.45, 2.75) is 37.4 Å². The number of para-hydroxylation sites is 1. The highest BCUT2D eigenvalue weighted by Crippen LogP contribution is 2.45. The number of hydrogen-bond acceptors (Lipinski definition) is 1. The summed E-state index contributed by atoms with van der Waals surface area (Å²) in [4.78, 5) is 0.303. The summed E-state index contributed by atoms with van der Waals surface area (Å²) < 4.78 is 5.83. The zero-order valence-corrected chi connectivity index (χ0v) is 14.2. The fourth-order valence-electron chi connectivity index (χ4n) is 3.15. The van der Waals surface area contributed by atoms with Gasteiger partial charge in [-0.3, -0.25) is 0 Å². The highest BCUT2D eigenvalue weighted by atomic mass is 79.9. The van der Waals surface area contributed by atoms with Crippen LogP contribution in [0.3, 0.4) is 0 Å². The Morgan fingerprint density at radius 2 is 1.86 bits per heavy atom. The van der Waals surface area contributed by atoms with Gasteiger partial charge in [0.25, 0.3) is 0 Å². The molecule has 0 aromatic heterocycles. The summed E-state index contributed by atoms with van der Waals surface area (Å²) in [5, 5.41) is 0. The minimum Gasteiger partial charge on any atom is -0.493 e. The van der Waals surface area contributed by atoms with Crippen LogP contribution < -0.4 is 4.74 Å². The summed E-state index contributed by atoms with van der Waals surface area (Å²) >= 11 is 3.91. The normalized spacial score (nSPS) is 18.1. The third kappa shape index (κ3) is 2.74. The molecule has 2 heteroatoms. The van der Waals surface area contributed by atoms with E-state index in [9.17, 15) is 0 Å². The van der Waals surface area contributed by atoms with E-state index in [1.165, 1.54) is 22.3 Å². The van der Waals surface area contributed by atoms with E-state index in [2.05, 4.69) is 66.2 Å². The molecule has 21 heavy (non-hydrogen) atoms. The van der Waals surface area contributed by atoms with Crippen LogP contribution in [0.15, 0.2) is 42.5 Å². The van der Waals surface area contributed by atoms with Crippen LogP contribution in [0.2, 0.25) is 0 Å². The summed E-state index contributed by atoms with van der Waals surface area (Å²) in [6, 6.07) is 15.3. The molecule has 0 bridgehead atoms. The van der Waals surface area contributed by atoms with Crippen molar-refractivity contribution < 1.29 is 4.74 Å². The van der Waals surface area contributed by atoms with Gasteiger partial charge in [0.1, 0.15) is 5.75 Å². The van der Waals surface area contributed by atoms with Gasteiger partial charge in [-0.05, 0) is 35.6 Å². The second-order valence-electron chi connectivity index (χ2n) is 5.59.